The van der Waals surface area contributed by atoms with Gasteiger partial charge >= 0.3 is 12.4 Å². The molecular weight excluding hydrogens is 600 g/mol. The predicted molar refractivity (Wildman–Crippen MR) is 148 cm³/mol. The number of piperazine rings is 1. The van der Waals surface area contributed by atoms with E-state index in [1.54, 1.807) is 24.3 Å². The van der Waals surface area contributed by atoms with E-state index in [0.717, 1.165) is 6.07 Å². The average Bonchev–Trinajstić information content (AvgIpc) is 3.32. The van der Waals surface area contributed by atoms with E-state index in [4.69, 9.17) is 32.9 Å². The van der Waals surface area contributed by atoms with Crippen LogP contribution in [0.4, 0.5) is 18.0 Å². The maximum absolute atomic E-state index is 14.2. The van der Waals surface area contributed by atoms with Gasteiger partial charge in [-0.15, -0.1) is 13.2 Å². The van der Waals surface area contributed by atoms with Gasteiger partial charge in [0.15, 0.2) is 0 Å². The van der Waals surface area contributed by atoms with E-state index in [-0.39, 0.29) is 52.6 Å². The molecule has 42 heavy (non-hydrogen) atoms. The molecule has 0 bridgehead atoms. The topological polar surface area (TPSA) is 104 Å². The van der Waals surface area contributed by atoms with Crippen LogP contribution in [0.1, 0.15) is 28.8 Å². The summed E-state index contributed by atoms with van der Waals surface area (Å²) in [5.41, 5.74) is 0.818. The second-order valence-corrected chi connectivity index (χ2v) is 10.3. The highest BCUT2D eigenvalue weighted by molar-refractivity contribution is 6.34. The van der Waals surface area contributed by atoms with Crippen molar-refractivity contribution in [1.82, 2.24) is 15.1 Å². The fourth-order valence-corrected chi connectivity index (χ4v) is 5.47. The highest BCUT2D eigenvalue weighted by atomic mass is 35.5. The summed E-state index contributed by atoms with van der Waals surface area (Å²) in [6, 6.07) is 11.9. The van der Waals surface area contributed by atoms with Crippen LogP contribution in [-0.2, 0) is 4.79 Å². The van der Waals surface area contributed by atoms with Gasteiger partial charge in [-0.25, -0.2) is 4.79 Å². The van der Waals surface area contributed by atoms with Crippen LogP contribution < -0.4 is 14.8 Å². The van der Waals surface area contributed by atoms with E-state index in [1.807, 2.05) is 0 Å². The number of carbonyl (C=O) groups is 2. The number of benzene rings is 3. The smallest absolute Gasteiger partial charge is 0.508 e. The van der Waals surface area contributed by atoms with E-state index in [0.29, 0.717) is 11.1 Å². The molecule has 2 heterocycles. The zero-order valence-corrected chi connectivity index (χ0v) is 23.4. The maximum Gasteiger partial charge on any atom is 0.573 e. The largest absolute Gasteiger partial charge is 0.573 e. The zero-order valence-electron chi connectivity index (χ0n) is 21.9. The Morgan fingerprint density at radius 1 is 1.05 bits per heavy atom. The molecule has 220 valence electrons. The zero-order chi connectivity index (χ0) is 30.2. The van der Waals surface area contributed by atoms with Crippen molar-refractivity contribution < 1.29 is 37.3 Å². The number of halogens is 5. The van der Waals surface area contributed by atoms with Crippen LogP contribution in [-0.4, -0.2) is 65.8 Å². The fourth-order valence-electron chi connectivity index (χ4n) is 4.93. The third-order valence-corrected chi connectivity index (χ3v) is 7.13. The number of nitrogens with one attached hydrogen (secondary N) is 1. The molecular formula is C28H23Cl2F3N4O5. The van der Waals surface area contributed by atoms with E-state index in [2.05, 4.69) is 10.1 Å². The van der Waals surface area contributed by atoms with Gasteiger partial charge in [-0.05, 0) is 53.6 Å². The Bertz CT molecular complexity index is 1530. The molecule has 1 saturated heterocycles. The van der Waals surface area contributed by atoms with Crippen LogP contribution in [0.3, 0.4) is 0 Å². The number of amides is 3. The number of hydrogen-bond acceptors (Lipinski definition) is 6. The summed E-state index contributed by atoms with van der Waals surface area (Å²) in [5.74, 6) is -1.13. The number of hydrogen-bond donors (Lipinski definition) is 2. The highest BCUT2D eigenvalue weighted by Crippen LogP contribution is 2.47. The van der Waals surface area contributed by atoms with Crippen LogP contribution in [0.25, 0.3) is 0 Å². The standard InChI is InChI=1S/C28H23Cl2F3N4O5/c1-41-20-6-7-21(22(13-20)42-28(31,32)33)26-35-24(15-2-4-19(38)5-3-15)25(16-10-17(29)12-18(30)11-16)37(26)27(40)36-9-8-34-23(39)14-36/h2-7,10-13,24-25,38H,8-9,14H2,1H3,(H,34,39)/t24-,25+/m0/s1. The Kier molecular flexibility index (Phi) is 8.11. The van der Waals surface area contributed by atoms with Crippen molar-refractivity contribution in [3.63, 3.8) is 0 Å². The molecule has 14 heteroatoms. The number of amidine groups is 1. The predicted octanol–water partition coefficient (Wildman–Crippen LogP) is 5.70. The van der Waals surface area contributed by atoms with Gasteiger partial charge in [0.2, 0.25) is 5.91 Å². The lowest BCUT2D eigenvalue weighted by molar-refractivity contribution is -0.274. The minimum atomic E-state index is -5.07. The van der Waals surface area contributed by atoms with Gasteiger partial charge in [-0.3, -0.25) is 14.7 Å². The van der Waals surface area contributed by atoms with Gasteiger partial charge in [-0.2, -0.15) is 0 Å². The molecule has 0 aliphatic carbocycles. The summed E-state index contributed by atoms with van der Waals surface area (Å²) in [6.07, 6.45) is -5.07. The SMILES string of the molecule is COc1ccc(C2=N[C@@H](c3ccc(O)cc3)[C@@H](c3cc(Cl)cc(Cl)c3)N2C(=O)N2CCNC(=O)C2)c(OC(F)(F)F)c1. The minimum absolute atomic E-state index is 0.0217. The van der Waals surface area contributed by atoms with Gasteiger partial charge in [0.05, 0.1) is 18.7 Å². The Morgan fingerprint density at radius 2 is 1.74 bits per heavy atom. The number of rotatable bonds is 5. The summed E-state index contributed by atoms with van der Waals surface area (Å²) in [4.78, 5) is 33.7. The molecule has 2 N–H and O–H groups in total. The number of methoxy groups -OCH3 is 1. The van der Waals surface area contributed by atoms with Gasteiger partial charge in [0.25, 0.3) is 0 Å². The third kappa shape index (κ3) is 6.19. The molecule has 9 nitrogen and oxygen atoms in total. The van der Waals surface area contributed by atoms with Crippen molar-refractivity contribution in [2.24, 2.45) is 4.99 Å². The number of nitrogens with zero attached hydrogens (tertiary/aromatic N) is 3. The van der Waals surface area contributed by atoms with E-state index in [9.17, 15) is 27.9 Å². The monoisotopic (exact) mass is 622 g/mol. The van der Waals surface area contributed by atoms with Crippen molar-refractivity contribution in [3.05, 3.63) is 87.4 Å². The lowest BCUT2D eigenvalue weighted by Gasteiger charge is -2.36. The molecule has 0 spiro atoms. The van der Waals surface area contributed by atoms with Gasteiger partial charge in [-0.1, -0.05) is 35.3 Å². The summed E-state index contributed by atoms with van der Waals surface area (Å²) in [6.45, 7) is 0.0602. The molecule has 2 atom stereocenters. The van der Waals surface area contributed by atoms with Crippen molar-refractivity contribution in [2.45, 2.75) is 18.4 Å². The normalized spacial score (nSPS) is 18.9. The molecule has 0 aromatic heterocycles. The molecule has 2 aliphatic heterocycles. The summed E-state index contributed by atoms with van der Waals surface area (Å²) in [5, 5.41) is 13.1. The molecule has 3 amide bonds. The molecule has 2 aliphatic rings. The Morgan fingerprint density at radius 3 is 2.36 bits per heavy atom. The number of ether oxygens (including phenoxy) is 2. The van der Waals surface area contributed by atoms with Crippen LogP contribution in [0.2, 0.25) is 10.0 Å². The molecule has 3 aromatic carbocycles. The fraction of sp³-hybridized carbons (Fsp3) is 0.250. The minimum Gasteiger partial charge on any atom is -0.508 e. The maximum atomic E-state index is 14.2. The van der Waals surface area contributed by atoms with E-state index >= 15 is 0 Å². The number of alkyl halides is 3. The number of phenols is 1. The number of carbonyl (C=O) groups excluding carboxylic acids is 2. The first-order chi connectivity index (χ1) is 19.9. The molecule has 1 fully saturated rings. The number of urea groups is 1. The molecule has 0 radical (unpaired) electrons. The molecule has 5 rings (SSSR count). The van der Waals surface area contributed by atoms with Crippen molar-refractivity contribution in [1.29, 1.82) is 0 Å². The first-order valence-corrected chi connectivity index (χ1v) is 13.3. The third-order valence-electron chi connectivity index (χ3n) is 6.70. The Balaban J connectivity index is 1.74. The second kappa shape index (κ2) is 11.6. The van der Waals surface area contributed by atoms with Crippen molar-refractivity contribution >= 4 is 41.0 Å². The average molecular weight is 623 g/mol. The van der Waals surface area contributed by atoms with E-state index < -0.39 is 36.1 Å². The van der Waals surface area contributed by atoms with Crippen molar-refractivity contribution in [3.8, 4) is 17.2 Å². The van der Waals surface area contributed by atoms with Gasteiger partial charge < -0.3 is 24.8 Å². The first-order valence-electron chi connectivity index (χ1n) is 12.5. The molecule has 3 aromatic rings. The summed E-state index contributed by atoms with van der Waals surface area (Å²) >= 11 is 12.7. The van der Waals surface area contributed by atoms with Gasteiger partial charge in [0, 0.05) is 29.2 Å². The van der Waals surface area contributed by atoms with Crippen LogP contribution in [0.15, 0.2) is 65.7 Å². The lowest BCUT2D eigenvalue weighted by atomic mass is 9.93. The lowest BCUT2D eigenvalue weighted by Crippen LogP contribution is -2.55. The van der Waals surface area contributed by atoms with Crippen LogP contribution >= 0.6 is 23.2 Å². The number of phenolic OH excluding ortho intramolecular Hbond substituents is 1. The van der Waals surface area contributed by atoms with Crippen molar-refractivity contribution in [2.75, 3.05) is 26.7 Å². The molecule has 0 saturated carbocycles. The quantitative estimate of drug-likeness (QED) is 0.380. The highest BCUT2D eigenvalue weighted by Gasteiger charge is 2.46. The van der Waals surface area contributed by atoms with Crippen LogP contribution in [0.5, 0.6) is 17.2 Å². The first kappa shape index (κ1) is 29.3. The summed E-state index contributed by atoms with van der Waals surface area (Å²) in [7, 11) is 1.29. The van der Waals surface area contributed by atoms with E-state index in [1.165, 1.54) is 47.2 Å². The van der Waals surface area contributed by atoms with Crippen LogP contribution in [0, 0.1) is 0 Å². The second-order valence-electron chi connectivity index (χ2n) is 9.47. The summed E-state index contributed by atoms with van der Waals surface area (Å²) < 4.78 is 50.1. The Hall–Kier alpha value is -4.16. The van der Waals surface area contributed by atoms with Gasteiger partial charge in [0.1, 0.15) is 35.7 Å². The Labute approximate surface area is 248 Å². The molecule has 0 unspecified atom stereocenters. The number of aliphatic imine (C=N–C) groups is 1. The number of aromatic hydroxyl groups is 1.